The van der Waals surface area contributed by atoms with Crippen LogP contribution in [0.3, 0.4) is 0 Å². The third kappa shape index (κ3) is 6.39. The van der Waals surface area contributed by atoms with Gasteiger partial charge in [-0.15, -0.1) is 22.7 Å². The summed E-state index contributed by atoms with van der Waals surface area (Å²) in [6.45, 7) is 0. The van der Waals surface area contributed by atoms with Gasteiger partial charge in [-0.2, -0.15) is 0 Å². The molecule has 0 unspecified atom stereocenters. The third-order valence-electron chi connectivity index (χ3n) is 7.44. The fourth-order valence-corrected chi connectivity index (χ4v) is 6.49. The van der Waals surface area contributed by atoms with Crippen LogP contribution in [0.5, 0.6) is 0 Å². The standard InChI is InChI=1S/C38H26N4O2S2/c43-35(41-37-39-33(23-45-37)29-19-15-27(16-20-29)25-9-3-1-4-10-25)31-13-7-8-14-32(31)36(44)42-38-40-34(24-46-38)30-21-17-28(18-22-30)26-11-5-2-6-12-26/h1-24H,(H,39,41,43)(H,40,42,44). The summed E-state index contributed by atoms with van der Waals surface area (Å²) < 4.78 is 0. The van der Waals surface area contributed by atoms with Crippen molar-refractivity contribution in [2.24, 2.45) is 0 Å². The SMILES string of the molecule is O=C(Nc1nc(-c2ccc(-c3ccccc3)cc2)cs1)c1ccccc1C(=O)Nc1nc(-c2ccc(-c3ccccc3)cc2)cs1. The number of carbonyl (C=O) groups is 2. The highest BCUT2D eigenvalue weighted by molar-refractivity contribution is 7.14. The number of hydrogen-bond donors (Lipinski definition) is 2. The molecule has 5 aromatic carbocycles. The zero-order valence-corrected chi connectivity index (χ0v) is 26.0. The molecule has 2 amide bonds. The quantitative estimate of drug-likeness (QED) is 0.174. The van der Waals surface area contributed by atoms with Crippen LogP contribution in [0.4, 0.5) is 10.3 Å². The molecule has 0 fully saturated rings. The first-order chi connectivity index (χ1) is 22.6. The highest BCUT2D eigenvalue weighted by atomic mass is 32.1. The molecule has 0 saturated carbocycles. The minimum absolute atomic E-state index is 0.247. The molecule has 6 nitrogen and oxygen atoms in total. The fraction of sp³-hybridized carbons (Fsp3) is 0. The maximum atomic E-state index is 13.3. The molecule has 0 aliphatic carbocycles. The van der Waals surface area contributed by atoms with Gasteiger partial charge in [0.25, 0.3) is 11.8 Å². The Balaban J connectivity index is 1.02. The molecule has 2 aromatic heterocycles. The number of hydrogen-bond acceptors (Lipinski definition) is 6. The van der Waals surface area contributed by atoms with E-state index in [0.717, 1.165) is 44.8 Å². The number of benzene rings is 5. The maximum absolute atomic E-state index is 13.3. The fourth-order valence-electron chi connectivity index (χ4n) is 5.06. The van der Waals surface area contributed by atoms with Crippen LogP contribution >= 0.6 is 22.7 Å². The van der Waals surface area contributed by atoms with Crippen molar-refractivity contribution in [2.75, 3.05) is 10.6 Å². The van der Waals surface area contributed by atoms with Crippen LogP contribution in [0, 0.1) is 0 Å². The van der Waals surface area contributed by atoms with Crippen molar-refractivity contribution >= 4 is 44.8 Å². The van der Waals surface area contributed by atoms with E-state index in [1.165, 1.54) is 22.7 Å². The van der Waals surface area contributed by atoms with Gasteiger partial charge in [-0.1, -0.05) is 121 Å². The number of anilines is 2. The van der Waals surface area contributed by atoms with Gasteiger partial charge in [-0.05, 0) is 34.4 Å². The van der Waals surface area contributed by atoms with Crippen molar-refractivity contribution in [3.8, 4) is 44.8 Å². The molecule has 0 radical (unpaired) electrons. The summed E-state index contributed by atoms with van der Waals surface area (Å²) in [6, 6.07) is 43.4. The lowest BCUT2D eigenvalue weighted by Gasteiger charge is -2.08. The van der Waals surface area contributed by atoms with Crippen LogP contribution in [0.25, 0.3) is 44.8 Å². The number of rotatable bonds is 8. The summed E-state index contributed by atoms with van der Waals surface area (Å²) in [5.74, 6) is -0.825. The number of nitrogens with one attached hydrogen (secondary N) is 2. The van der Waals surface area contributed by atoms with Gasteiger partial charge in [0.05, 0.1) is 22.5 Å². The van der Waals surface area contributed by atoms with Crippen molar-refractivity contribution < 1.29 is 9.59 Å². The van der Waals surface area contributed by atoms with Gasteiger partial charge in [-0.3, -0.25) is 20.2 Å². The van der Waals surface area contributed by atoms with Crippen LogP contribution in [-0.4, -0.2) is 21.8 Å². The second-order valence-electron chi connectivity index (χ2n) is 10.4. The van der Waals surface area contributed by atoms with E-state index in [-0.39, 0.29) is 11.1 Å². The van der Waals surface area contributed by atoms with Gasteiger partial charge in [0, 0.05) is 21.9 Å². The highest BCUT2D eigenvalue weighted by Crippen LogP contribution is 2.30. The number of thiazole rings is 2. The molecule has 0 spiro atoms. The number of nitrogens with zero attached hydrogens (tertiary/aromatic N) is 2. The average Bonchev–Trinajstić information content (AvgIpc) is 3.79. The van der Waals surface area contributed by atoms with E-state index in [2.05, 4.69) is 69.1 Å². The minimum atomic E-state index is -0.413. The van der Waals surface area contributed by atoms with E-state index >= 15 is 0 Å². The van der Waals surface area contributed by atoms with E-state index in [0.29, 0.717) is 10.3 Å². The predicted molar refractivity (Wildman–Crippen MR) is 188 cm³/mol. The average molecular weight is 635 g/mol. The topological polar surface area (TPSA) is 84.0 Å². The van der Waals surface area contributed by atoms with Crippen LogP contribution in [0.1, 0.15) is 20.7 Å². The lowest BCUT2D eigenvalue weighted by Crippen LogP contribution is -2.20. The lowest BCUT2D eigenvalue weighted by atomic mass is 10.0. The molecule has 2 heterocycles. The Morgan fingerprint density at radius 3 is 1.13 bits per heavy atom. The zero-order chi connectivity index (χ0) is 31.3. The summed E-state index contributed by atoms with van der Waals surface area (Å²) in [6.07, 6.45) is 0. The second-order valence-corrected chi connectivity index (χ2v) is 12.1. The van der Waals surface area contributed by atoms with Crippen LogP contribution in [0.15, 0.2) is 144 Å². The monoisotopic (exact) mass is 634 g/mol. The Kier molecular flexibility index (Phi) is 8.28. The zero-order valence-electron chi connectivity index (χ0n) is 24.4. The molecule has 0 saturated heterocycles. The molecule has 7 rings (SSSR count). The largest absolute Gasteiger partial charge is 0.298 e. The molecule has 0 aliphatic heterocycles. The summed E-state index contributed by atoms with van der Waals surface area (Å²) in [5.41, 5.74) is 8.45. The van der Waals surface area contributed by atoms with E-state index in [4.69, 9.17) is 0 Å². The molecular formula is C38H26N4O2S2. The van der Waals surface area contributed by atoms with Crippen molar-refractivity contribution in [1.29, 1.82) is 0 Å². The lowest BCUT2D eigenvalue weighted by molar-refractivity contribution is 0.0990. The summed E-state index contributed by atoms with van der Waals surface area (Å²) in [7, 11) is 0. The summed E-state index contributed by atoms with van der Waals surface area (Å²) >= 11 is 2.67. The molecule has 0 atom stereocenters. The minimum Gasteiger partial charge on any atom is -0.298 e. The van der Waals surface area contributed by atoms with Crippen LogP contribution in [0.2, 0.25) is 0 Å². The highest BCUT2D eigenvalue weighted by Gasteiger charge is 2.19. The number of carbonyl (C=O) groups excluding carboxylic acids is 2. The Morgan fingerprint density at radius 2 is 0.739 bits per heavy atom. The Hall–Kier alpha value is -5.70. The summed E-state index contributed by atoms with van der Waals surface area (Å²) in [4.78, 5) is 35.9. The van der Waals surface area contributed by atoms with Crippen molar-refractivity contribution in [2.45, 2.75) is 0 Å². The first-order valence-electron chi connectivity index (χ1n) is 14.6. The van der Waals surface area contributed by atoms with Gasteiger partial charge in [0.2, 0.25) is 0 Å². The normalized spacial score (nSPS) is 10.8. The number of amides is 2. The van der Waals surface area contributed by atoms with E-state index in [1.807, 2.05) is 71.4 Å². The van der Waals surface area contributed by atoms with E-state index < -0.39 is 11.8 Å². The first kappa shape index (κ1) is 29.0. The van der Waals surface area contributed by atoms with Gasteiger partial charge in [0.1, 0.15) is 0 Å². The van der Waals surface area contributed by atoms with Gasteiger partial charge in [0.15, 0.2) is 10.3 Å². The van der Waals surface area contributed by atoms with Crippen molar-refractivity contribution in [1.82, 2.24) is 9.97 Å². The Labute approximate surface area is 274 Å². The maximum Gasteiger partial charge on any atom is 0.258 e. The van der Waals surface area contributed by atoms with Gasteiger partial charge in [-0.25, -0.2) is 9.97 Å². The Morgan fingerprint density at radius 1 is 0.413 bits per heavy atom. The molecular weight excluding hydrogens is 609 g/mol. The van der Waals surface area contributed by atoms with Gasteiger partial charge < -0.3 is 0 Å². The van der Waals surface area contributed by atoms with Crippen molar-refractivity contribution in [3.05, 3.63) is 155 Å². The number of aromatic nitrogens is 2. The predicted octanol–water partition coefficient (Wildman–Crippen LogP) is 9.77. The Bertz CT molecular complexity index is 1970. The molecule has 0 aliphatic rings. The van der Waals surface area contributed by atoms with E-state index in [9.17, 15) is 9.59 Å². The summed E-state index contributed by atoms with van der Waals surface area (Å²) in [5, 5.41) is 10.4. The smallest absolute Gasteiger partial charge is 0.258 e. The second kappa shape index (κ2) is 13.1. The van der Waals surface area contributed by atoms with Crippen LogP contribution < -0.4 is 10.6 Å². The third-order valence-corrected chi connectivity index (χ3v) is 8.96. The molecule has 2 N–H and O–H groups in total. The van der Waals surface area contributed by atoms with Gasteiger partial charge >= 0.3 is 0 Å². The molecule has 0 bridgehead atoms. The molecule has 8 heteroatoms. The van der Waals surface area contributed by atoms with Crippen molar-refractivity contribution in [3.63, 3.8) is 0 Å². The molecule has 222 valence electrons. The first-order valence-corrected chi connectivity index (χ1v) is 16.3. The van der Waals surface area contributed by atoms with E-state index in [1.54, 1.807) is 24.3 Å². The molecule has 46 heavy (non-hydrogen) atoms. The van der Waals surface area contributed by atoms with Crippen LogP contribution in [-0.2, 0) is 0 Å². The molecule has 7 aromatic rings.